The Bertz CT molecular complexity index is 462. The first-order valence-corrected chi connectivity index (χ1v) is 7.61. The van der Waals surface area contributed by atoms with E-state index in [2.05, 4.69) is 18.7 Å². The van der Waals surface area contributed by atoms with E-state index in [-0.39, 0.29) is 30.6 Å². The van der Waals surface area contributed by atoms with Gasteiger partial charge in [0.1, 0.15) is 0 Å². The molecule has 0 aromatic heterocycles. The van der Waals surface area contributed by atoms with Crippen molar-refractivity contribution in [3.63, 3.8) is 0 Å². The van der Waals surface area contributed by atoms with Crippen molar-refractivity contribution in [2.75, 3.05) is 13.7 Å². The van der Waals surface area contributed by atoms with Gasteiger partial charge in [-0.2, -0.15) is 0 Å². The van der Waals surface area contributed by atoms with E-state index in [0.29, 0.717) is 6.04 Å². The molecule has 0 radical (unpaired) electrons. The van der Waals surface area contributed by atoms with Gasteiger partial charge in [-0.3, -0.25) is 9.69 Å². The van der Waals surface area contributed by atoms with Crippen molar-refractivity contribution < 1.29 is 14.6 Å². The number of likely N-dealkylation sites (tertiary alicyclic amines) is 1. The Morgan fingerprint density at radius 2 is 2.00 bits per heavy atom. The quantitative estimate of drug-likeness (QED) is 0.865. The SMILES string of the molecule is COC(=O)[C@@H]1CC[C@H](C)N([C@H](CO)c2ccccc2)[C@@H]1C. The first kappa shape index (κ1) is 16.0. The molecule has 2 rings (SSSR count). The van der Waals surface area contributed by atoms with Crippen LogP contribution in [-0.2, 0) is 9.53 Å². The lowest BCUT2D eigenvalue weighted by atomic mass is 9.84. The maximum atomic E-state index is 12.0. The Hall–Kier alpha value is -1.39. The second kappa shape index (κ2) is 7.05. The largest absolute Gasteiger partial charge is 0.469 e. The lowest BCUT2D eigenvalue weighted by Gasteiger charge is -2.46. The molecule has 1 N–H and O–H groups in total. The van der Waals surface area contributed by atoms with Gasteiger partial charge < -0.3 is 9.84 Å². The van der Waals surface area contributed by atoms with Crippen LogP contribution in [0.2, 0.25) is 0 Å². The minimum atomic E-state index is -0.149. The number of hydrogen-bond acceptors (Lipinski definition) is 4. The number of aliphatic hydroxyl groups is 1. The zero-order chi connectivity index (χ0) is 15.4. The van der Waals surface area contributed by atoms with Crippen LogP contribution in [0.3, 0.4) is 0 Å². The number of aliphatic hydroxyl groups excluding tert-OH is 1. The van der Waals surface area contributed by atoms with Gasteiger partial charge in [-0.15, -0.1) is 0 Å². The van der Waals surface area contributed by atoms with Gasteiger partial charge in [-0.05, 0) is 32.3 Å². The molecule has 0 bridgehead atoms. The van der Waals surface area contributed by atoms with Gasteiger partial charge in [0.2, 0.25) is 0 Å². The van der Waals surface area contributed by atoms with E-state index in [1.165, 1.54) is 7.11 Å². The standard InChI is InChI=1S/C17H25NO3/c1-12-9-10-15(17(20)21-3)13(2)18(12)16(11-19)14-7-5-4-6-8-14/h4-8,12-13,15-16,19H,9-11H2,1-3H3/t12-,13+,15+,16+/m0/s1. The molecule has 4 atom stereocenters. The van der Waals surface area contributed by atoms with Crippen LogP contribution in [0.25, 0.3) is 0 Å². The predicted molar refractivity (Wildman–Crippen MR) is 81.8 cm³/mol. The molecule has 0 spiro atoms. The summed E-state index contributed by atoms with van der Waals surface area (Å²) in [6.45, 7) is 4.27. The molecule has 1 heterocycles. The summed E-state index contributed by atoms with van der Waals surface area (Å²) in [5, 5.41) is 9.89. The average Bonchev–Trinajstić information content (AvgIpc) is 2.51. The van der Waals surface area contributed by atoms with Crippen molar-refractivity contribution in [1.29, 1.82) is 0 Å². The molecule has 1 aromatic carbocycles. The fraction of sp³-hybridized carbons (Fsp3) is 0.588. The Balaban J connectivity index is 2.27. The second-order valence-electron chi connectivity index (χ2n) is 5.85. The minimum Gasteiger partial charge on any atom is -0.469 e. The van der Waals surface area contributed by atoms with Crippen molar-refractivity contribution in [2.24, 2.45) is 5.92 Å². The molecule has 116 valence electrons. The first-order valence-electron chi connectivity index (χ1n) is 7.61. The maximum Gasteiger partial charge on any atom is 0.310 e. The first-order chi connectivity index (χ1) is 10.1. The average molecular weight is 291 g/mol. The smallest absolute Gasteiger partial charge is 0.310 e. The highest BCUT2D eigenvalue weighted by molar-refractivity contribution is 5.73. The van der Waals surface area contributed by atoms with Crippen LogP contribution in [0.4, 0.5) is 0 Å². The normalized spacial score (nSPS) is 28.1. The zero-order valence-electron chi connectivity index (χ0n) is 13.0. The van der Waals surface area contributed by atoms with E-state index < -0.39 is 0 Å². The van der Waals surface area contributed by atoms with Gasteiger partial charge in [0.25, 0.3) is 0 Å². The number of ether oxygens (including phenoxy) is 1. The van der Waals surface area contributed by atoms with E-state index >= 15 is 0 Å². The lowest BCUT2D eigenvalue weighted by molar-refractivity contribution is -0.151. The number of esters is 1. The third kappa shape index (κ3) is 3.27. The van der Waals surface area contributed by atoms with Crippen molar-refractivity contribution in [2.45, 2.75) is 44.8 Å². The van der Waals surface area contributed by atoms with Crippen LogP contribution in [0.1, 0.15) is 38.3 Å². The fourth-order valence-corrected chi connectivity index (χ4v) is 3.52. The van der Waals surface area contributed by atoms with E-state index in [9.17, 15) is 9.90 Å². The molecule has 0 amide bonds. The number of nitrogens with zero attached hydrogens (tertiary/aromatic N) is 1. The van der Waals surface area contributed by atoms with Crippen LogP contribution in [0.15, 0.2) is 30.3 Å². The molecular weight excluding hydrogens is 266 g/mol. The Kier molecular flexibility index (Phi) is 5.37. The van der Waals surface area contributed by atoms with Gasteiger partial charge in [0, 0.05) is 12.1 Å². The van der Waals surface area contributed by atoms with Crippen LogP contribution in [-0.4, -0.2) is 41.8 Å². The summed E-state index contributed by atoms with van der Waals surface area (Å²) in [5.41, 5.74) is 1.09. The molecule has 0 aliphatic carbocycles. The summed E-state index contributed by atoms with van der Waals surface area (Å²) in [5.74, 6) is -0.270. The molecule has 1 aromatic rings. The topological polar surface area (TPSA) is 49.8 Å². The summed E-state index contributed by atoms with van der Waals surface area (Å²) in [6.07, 6.45) is 1.78. The number of carbonyl (C=O) groups excluding carboxylic acids is 1. The second-order valence-corrected chi connectivity index (χ2v) is 5.85. The molecule has 1 saturated heterocycles. The molecule has 4 nitrogen and oxygen atoms in total. The highest BCUT2D eigenvalue weighted by atomic mass is 16.5. The number of rotatable bonds is 4. The highest BCUT2D eigenvalue weighted by Crippen LogP contribution is 2.35. The van der Waals surface area contributed by atoms with E-state index in [0.717, 1.165) is 18.4 Å². The summed E-state index contributed by atoms with van der Waals surface area (Å²) in [4.78, 5) is 14.2. The molecule has 1 aliphatic rings. The molecule has 0 saturated carbocycles. The molecule has 0 unspecified atom stereocenters. The summed E-state index contributed by atoms with van der Waals surface area (Å²) in [7, 11) is 1.44. The van der Waals surface area contributed by atoms with Crippen LogP contribution in [0, 0.1) is 5.92 Å². The molecular formula is C17H25NO3. The van der Waals surface area contributed by atoms with Crippen molar-refractivity contribution in [3.05, 3.63) is 35.9 Å². The van der Waals surface area contributed by atoms with Crippen LogP contribution in [0.5, 0.6) is 0 Å². The zero-order valence-corrected chi connectivity index (χ0v) is 13.0. The fourth-order valence-electron chi connectivity index (χ4n) is 3.52. The number of hydrogen-bond donors (Lipinski definition) is 1. The number of piperidine rings is 1. The van der Waals surface area contributed by atoms with E-state index in [1.807, 2.05) is 30.3 Å². The molecule has 1 fully saturated rings. The third-order valence-corrected chi connectivity index (χ3v) is 4.68. The Labute approximate surface area is 126 Å². The van der Waals surface area contributed by atoms with Crippen molar-refractivity contribution in [3.8, 4) is 0 Å². The van der Waals surface area contributed by atoms with Crippen LogP contribution < -0.4 is 0 Å². The Morgan fingerprint density at radius 1 is 1.33 bits per heavy atom. The summed E-state index contributed by atoms with van der Waals surface area (Å²) >= 11 is 0. The van der Waals surface area contributed by atoms with Gasteiger partial charge in [-0.25, -0.2) is 0 Å². The van der Waals surface area contributed by atoms with Gasteiger partial charge in [-0.1, -0.05) is 30.3 Å². The van der Waals surface area contributed by atoms with Gasteiger partial charge >= 0.3 is 5.97 Å². The number of methoxy groups -OCH3 is 1. The van der Waals surface area contributed by atoms with Crippen LogP contribution >= 0.6 is 0 Å². The third-order valence-electron chi connectivity index (χ3n) is 4.68. The van der Waals surface area contributed by atoms with Gasteiger partial charge in [0.15, 0.2) is 0 Å². The lowest BCUT2D eigenvalue weighted by Crippen LogP contribution is -2.53. The predicted octanol–water partition coefficient (Wildman–Crippen LogP) is 2.38. The minimum absolute atomic E-state index is 0.0482. The van der Waals surface area contributed by atoms with Gasteiger partial charge in [0.05, 0.1) is 25.7 Å². The maximum absolute atomic E-state index is 12.0. The summed E-state index contributed by atoms with van der Waals surface area (Å²) < 4.78 is 4.93. The summed E-state index contributed by atoms with van der Waals surface area (Å²) in [6, 6.07) is 10.3. The van der Waals surface area contributed by atoms with E-state index in [4.69, 9.17) is 4.74 Å². The molecule has 1 aliphatic heterocycles. The molecule has 21 heavy (non-hydrogen) atoms. The monoisotopic (exact) mass is 291 g/mol. The number of carbonyl (C=O) groups is 1. The molecule has 4 heteroatoms. The Morgan fingerprint density at radius 3 is 2.57 bits per heavy atom. The number of benzene rings is 1. The van der Waals surface area contributed by atoms with Crippen molar-refractivity contribution >= 4 is 5.97 Å². The van der Waals surface area contributed by atoms with Crippen molar-refractivity contribution in [1.82, 2.24) is 4.90 Å². The highest BCUT2D eigenvalue weighted by Gasteiger charge is 2.40. The van der Waals surface area contributed by atoms with E-state index in [1.54, 1.807) is 0 Å².